The van der Waals surface area contributed by atoms with E-state index in [1.807, 2.05) is 6.07 Å². The minimum absolute atomic E-state index is 0.130. The van der Waals surface area contributed by atoms with Gasteiger partial charge in [0.25, 0.3) is 0 Å². The molecule has 2 rings (SSSR count). The van der Waals surface area contributed by atoms with Gasteiger partial charge in [-0.15, -0.1) is 0 Å². The van der Waals surface area contributed by atoms with E-state index in [0.29, 0.717) is 18.5 Å². The van der Waals surface area contributed by atoms with Crippen LogP contribution >= 0.6 is 15.9 Å². The predicted octanol–water partition coefficient (Wildman–Crippen LogP) is 4.19. The van der Waals surface area contributed by atoms with Gasteiger partial charge in [0, 0.05) is 29.2 Å². The van der Waals surface area contributed by atoms with E-state index in [1.54, 1.807) is 6.07 Å². The standard InChI is InChI=1S/C17H26BrFN2/c1-3-8-21-9-4-5-14(12-21)13(2)20-11-15-10-16(18)6-7-17(15)19/h6-7,10,13-14,20H,3-5,8-9,11-12H2,1-2H3. The zero-order valence-electron chi connectivity index (χ0n) is 13.0. The van der Waals surface area contributed by atoms with Crippen LogP contribution in [0.1, 0.15) is 38.7 Å². The zero-order valence-corrected chi connectivity index (χ0v) is 14.6. The second-order valence-electron chi connectivity index (χ2n) is 6.11. The second kappa shape index (κ2) is 8.25. The Morgan fingerprint density at radius 3 is 3.05 bits per heavy atom. The van der Waals surface area contributed by atoms with E-state index in [2.05, 4.69) is 40.0 Å². The summed E-state index contributed by atoms with van der Waals surface area (Å²) >= 11 is 3.40. The fraction of sp³-hybridized carbons (Fsp3) is 0.647. The van der Waals surface area contributed by atoms with Crippen molar-refractivity contribution in [3.8, 4) is 0 Å². The van der Waals surface area contributed by atoms with E-state index >= 15 is 0 Å². The van der Waals surface area contributed by atoms with Gasteiger partial charge >= 0.3 is 0 Å². The van der Waals surface area contributed by atoms with Gasteiger partial charge in [-0.05, 0) is 63.4 Å². The van der Waals surface area contributed by atoms with Crippen LogP contribution in [0.5, 0.6) is 0 Å². The minimum Gasteiger partial charge on any atom is -0.310 e. The van der Waals surface area contributed by atoms with Crippen molar-refractivity contribution < 1.29 is 4.39 Å². The molecule has 0 spiro atoms. The molecule has 1 N–H and O–H groups in total. The van der Waals surface area contributed by atoms with Gasteiger partial charge in [-0.2, -0.15) is 0 Å². The number of hydrogen-bond acceptors (Lipinski definition) is 2. The molecule has 0 saturated carbocycles. The van der Waals surface area contributed by atoms with Crippen LogP contribution in [-0.2, 0) is 6.54 Å². The number of nitrogens with zero attached hydrogens (tertiary/aromatic N) is 1. The second-order valence-corrected chi connectivity index (χ2v) is 7.02. The Morgan fingerprint density at radius 2 is 2.29 bits per heavy atom. The minimum atomic E-state index is -0.130. The molecule has 0 bridgehead atoms. The Morgan fingerprint density at radius 1 is 1.48 bits per heavy atom. The van der Waals surface area contributed by atoms with Crippen LogP contribution in [0.4, 0.5) is 4.39 Å². The van der Waals surface area contributed by atoms with Crippen LogP contribution in [0.25, 0.3) is 0 Å². The Hall–Kier alpha value is -0.450. The van der Waals surface area contributed by atoms with Crippen LogP contribution in [0, 0.1) is 11.7 Å². The van der Waals surface area contributed by atoms with E-state index in [1.165, 1.54) is 45.0 Å². The molecule has 1 heterocycles. The third kappa shape index (κ3) is 5.04. The van der Waals surface area contributed by atoms with Crippen molar-refractivity contribution in [1.29, 1.82) is 0 Å². The van der Waals surface area contributed by atoms with Gasteiger partial charge in [-0.25, -0.2) is 4.39 Å². The first-order chi connectivity index (χ1) is 10.1. The first-order valence-electron chi connectivity index (χ1n) is 7.99. The summed E-state index contributed by atoms with van der Waals surface area (Å²) in [6.07, 6.45) is 3.77. The molecule has 2 unspecified atom stereocenters. The normalized spacial score (nSPS) is 21.4. The summed E-state index contributed by atoms with van der Waals surface area (Å²) in [6, 6.07) is 5.55. The molecule has 1 aromatic carbocycles. The van der Waals surface area contributed by atoms with Crippen LogP contribution in [0.15, 0.2) is 22.7 Å². The quantitative estimate of drug-likeness (QED) is 0.821. The fourth-order valence-electron chi connectivity index (χ4n) is 3.14. The van der Waals surface area contributed by atoms with Gasteiger partial charge in [0.15, 0.2) is 0 Å². The van der Waals surface area contributed by atoms with E-state index in [-0.39, 0.29) is 5.82 Å². The average Bonchev–Trinajstić information content (AvgIpc) is 2.48. The van der Waals surface area contributed by atoms with Crippen LogP contribution in [-0.4, -0.2) is 30.6 Å². The summed E-state index contributed by atoms with van der Waals surface area (Å²) in [6.45, 7) is 8.66. The smallest absolute Gasteiger partial charge is 0.127 e. The van der Waals surface area contributed by atoms with Crippen LogP contribution in [0.3, 0.4) is 0 Å². The molecule has 0 amide bonds. The van der Waals surface area contributed by atoms with Gasteiger partial charge in [-0.1, -0.05) is 22.9 Å². The highest BCUT2D eigenvalue weighted by atomic mass is 79.9. The molecule has 4 heteroatoms. The molecule has 1 fully saturated rings. The Kier molecular flexibility index (Phi) is 6.65. The van der Waals surface area contributed by atoms with Gasteiger partial charge < -0.3 is 10.2 Å². The number of likely N-dealkylation sites (tertiary alicyclic amines) is 1. The number of piperidine rings is 1. The first-order valence-corrected chi connectivity index (χ1v) is 8.79. The predicted molar refractivity (Wildman–Crippen MR) is 89.9 cm³/mol. The third-order valence-electron chi connectivity index (χ3n) is 4.41. The van der Waals surface area contributed by atoms with Crippen molar-refractivity contribution in [1.82, 2.24) is 10.2 Å². The van der Waals surface area contributed by atoms with Gasteiger partial charge in [0.2, 0.25) is 0 Å². The van der Waals surface area contributed by atoms with Crippen molar-refractivity contribution in [2.45, 2.75) is 45.7 Å². The maximum atomic E-state index is 13.8. The lowest BCUT2D eigenvalue weighted by Gasteiger charge is -2.36. The van der Waals surface area contributed by atoms with Crippen molar-refractivity contribution in [2.75, 3.05) is 19.6 Å². The number of nitrogens with one attached hydrogen (secondary N) is 1. The maximum absolute atomic E-state index is 13.8. The summed E-state index contributed by atoms with van der Waals surface area (Å²) in [7, 11) is 0. The number of benzene rings is 1. The van der Waals surface area contributed by atoms with Crippen molar-refractivity contribution >= 4 is 15.9 Å². The largest absolute Gasteiger partial charge is 0.310 e. The van der Waals surface area contributed by atoms with Gasteiger partial charge in [0.05, 0.1) is 0 Å². The summed E-state index contributed by atoms with van der Waals surface area (Å²) in [5, 5.41) is 3.51. The lowest BCUT2D eigenvalue weighted by Crippen LogP contribution is -2.44. The maximum Gasteiger partial charge on any atom is 0.127 e. The Labute approximate surface area is 136 Å². The molecule has 118 valence electrons. The summed E-state index contributed by atoms with van der Waals surface area (Å²) in [4.78, 5) is 2.56. The summed E-state index contributed by atoms with van der Waals surface area (Å²) in [5.74, 6) is 0.537. The lowest BCUT2D eigenvalue weighted by atomic mass is 9.91. The molecular formula is C17H26BrFN2. The van der Waals surface area contributed by atoms with E-state index in [4.69, 9.17) is 0 Å². The van der Waals surface area contributed by atoms with Crippen LogP contribution < -0.4 is 5.32 Å². The molecule has 0 radical (unpaired) electrons. The first kappa shape index (κ1) is 16.9. The van der Waals surface area contributed by atoms with E-state index < -0.39 is 0 Å². The highest BCUT2D eigenvalue weighted by Crippen LogP contribution is 2.21. The van der Waals surface area contributed by atoms with Crippen LogP contribution in [0.2, 0.25) is 0 Å². The molecule has 1 aliphatic heterocycles. The monoisotopic (exact) mass is 356 g/mol. The summed E-state index contributed by atoms with van der Waals surface area (Å²) in [5.41, 5.74) is 0.734. The van der Waals surface area contributed by atoms with Crippen molar-refractivity contribution in [3.05, 3.63) is 34.1 Å². The van der Waals surface area contributed by atoms with E-state index in [9.17, 15) is 4.39 Å². The molecule has 1 saturated heterocycles. The molecule has 21 heavy (non-hydrogen) atoms. The van der Waals surface area contributed by atoms with Gasteiger partial charge in [-0.3, -0.25) is 0 Å². The SMILES string of the molecule is CCCN1CCCC(C(C)NCc2cc(Br)ccc2F)C1. The molecule has 2 atom stereocenters. The zero-order chi connectivity index (χ0) is 15.2. The Balaban J connectivity index is 1.86. The molecule has 0 aromatic heterocycles. The average molecular weight is 357 g/mol. The third-order valence-corrected chi connectivity index (χ3v) is 4.90. The Bertz CT molecular complexity index is 450. The van der Waals surface area contributed by atoms with Crippen molar-refractivity contribution in [3.63, 3.8) is 0 Å². The molecule has 1 aliphatic rings. The molecular weight excluding hydrogens is 331 g/mol. The summed E-state index contributed by atoms with van der Waals surface area (Å²) < 4.78 is 14.7. The fourth-order valence-corrected chi connectivity index (χ4v) is 3.54. The highest BCUT2D eigenvalue weighted by molar-refractivity contribution is 9.10. The van der Waals surface area contributed by atoms with E-state index in [0.717, 1.165) is 10.0 Å². The lowest BCUT2D eigenvalue weighted by molar-refractivity contribution is 0.150. The number of halogens is 2. The highest BCUT2D eigenvalue weighted by Gasteiger charge is 2.24. The molecule has 1 aromatic rings. The van der Waals surface area contributed by atoms with Crippen molar-refractivity contribution in [2.24, 2.45) is 5.92 Å². The van der Waals surface area contributed by atoms with Gasteiger partial charge in [0.1, 0.15) is 5.82 Å². The topological polar surface area (TPSA) is 15.3 Å². The number of hydrogen-bond donors (Lipinski definition) is 1. The molecule has 0 aliphatic carbocycles. The molecule has 2 nitrogen and oxygen atoms in total. The number of rotatable bonds is 6.